The molecule has 0 aliphatic carbocycles. The Morgan fingerprint density at radius 3 is 2.58 bits per heavy atom. The predicted molar refractivity (Wildman–Crippen MR) is 110 cm³/mol. The van der Waals surface area contributed by atoms with Gasteiger partial charge in [0.2, 0.25) is 0 Å². The van der Waals surface area contributed by atoms with Gasteiger partial charge in [-0.2, -0.15) is 0 Å². The molecule has 0 bridgehead atoms. The van der Waals surface area contributed by atoms with Gasteiger partial charge in [-0.1, -0.05) is 30.3 Å². The van der Waals surface area contributed by atoms with Gasteiger partial charge in [-0.3, -0.25) is 9.79 Å². The lowest BCUT2D eigenvalue weighted by Crippen LogP contribution is -2.36. The molecule has 0 aromatic heterocycles. The molecule has 0 fully saturated rings. The molecule has 6 nitrogen and oxygen atoms in total. The standard InChI is InChI=1S/C18H21FN4O2.HI/c1-21-18(23-11-14-6-2-3-8-16(14)19)22-10-13-5-4-7-15(9-13)25-12-17(20)24;/h2-9H,10-12H2,1H3,(H2,20,24)(H2,21,22,23);1H. The largest absolute Gasteiger partial charge is 0.484 e. The second kappa shape index (κ2) is 11.3. The van der Waals surface area contributed by atoms with Crippen molar-refractivity contribution in [2.75, 3.05) is 13.7 Å². The number of benzene rings is 2. The summed E-state index contributed by atoms with van der Waals surface area (Å²) in [7, 11) is 1.64. The van der Waals surface area contributed by atoms with E-state index in [1.54, 1.807) is 37.4 Å². The Morgan fingerprint density at radius 1 is 1.15 bits per heavy atom. The lowest BCUT2D eigenvalue weighted by Gasteiger charge is -2.13. The topological polar surface area (TPSA) is 88.7 Å². The third-order valence-electron chi connectivity index (χ3n) is 3.37. The Morgan fingerprint density at radius 2 is 1.88 bits per heavy atom. The van der Waals surface area contributed by atoms with Crippen LogP contribution in [-0.2, 0) is 17.9 Å². The number of nitrogens with two attached hydrogens (primary N) is 1. The smallest absolute Gasteiger partial charge is 0.255 e. The summed E-state index contributed by atoms with van der Waals surface area (Å²) in [6, 6.07) is 13.9. The van der Waals surface area contributed by atoms with Crippen molar-refractivity contribution in [3.8, 4) is 5.75 Å². The number of hydrogen-bond acceptors (Lipinski definition) is 3. The molecule has 2 aromatic rings. The van der Waals surface area contributed by atoms with E-state index in [1.165, 1.54) is 6.07 Å². The number of nitrogens with one attached hydrogen (secondary N) is 2. The SMILES string of the molecule is CN=C(NCc1cccc(OCC(N)=O)c1)NCc1ccccc1F.I. The van der Waals surface area contributed by atoms with Gasteiger partial charge in [0.15, 0.2) is 12.6 Å². The van der Waals surface area contributed by atoms with Crippen molar-refractivity contribution in [1.82, 2.24) is 10.6 Å². The molecule has 0 aliphatic heterocycles. The van der Waals surface area contributed by atoms with Crippen LogP contribution in [0.2, 0.25) is 0 Å². The minimum Gasteiger partial charge on any atom is -0.484 e. The number of primary amides is 1. The summed E-state index contributed by atoms with van der Waals surface area (Å²) >= 11 is 0. The van der Waals surface area contributed by atoms with E-state index in [2.05, 4.69) is 15.6 Å². The van der Waals surface area contributed by atoms with Gasteiger partial charge in [0.25, 0.3) is 5.91 Å². The lowest BCUT2D eigenvalue weighted by atomic mass is 10.2. The third-order valence-corrected chi connectivity index (χ3v) is 3.37. The van der Waals surface area contributed by atoms with Crippen LogP contribution in [0.15, 0.2) is 53.5 Å². The zero-order chi connectivity index (χ0) is 18.1. The van der Waals surface area contributed by atoms with Gasteiger partial charge in [0, 0.05) is 25.7 Å². The fourth-order valence-electron chi connectivity index (χ4n) is 2.13. The fraction of sp³-hybridized carbons (Fsp3) is 0.222. The summed E-state index contributed by atoms with van der Waals surface area (Å²) in [6.07, 6.45) is 0. The first-order valence-electron chi connectivity index (χ1n) is 7.76. The minimum absolute atomic E-state index is 0. The van der Waals surface area contributed by atoms with Crippen molar-refractivity contribution in [3.05, 3.63) is 65.5 Å². The van der Waals surface area contributed by atoms with Gasteiger partial charge in [0.05, 0.1) is 0 Å². The van der Waals surface area contributed by atoms with Crippen LogP contribution in [0.5, 0.6) is 5.75 Å². The second-order valence-electron chi connectivity index (χ2n) is 5.27. The first-order chi connectivity index (χ1) is 12.1. The van der Waals surface area contributed by atoms with E-state index in [0.29, 0.717) is 30.4 Å². The zero-order valence-electron chi connectivity index (χ0n) is 14.4. The number of halogens is 2. The van der Waals surface area contributed by atoms with Gasteiger partial charge in [-0.15, -0.1) is 24.0 Å². The number of ether oxygens (including phenoxy) is 1. The summed E-state index contributed by atoms with van der Waals surface area (Å²) in [6.45, 7) is 0.654. The number of rotatable bonds is 7. The van der Waals surface area contributed by atoms with E-state index in [9.17, 15) is 9.18 Å². The van der Waals surface area contributed by atoms with Gasteiger partial charge >= 0.3 is 0 Å². The first kappa shape index (κ1) is 21.7. The van der Waals surface area contributed by atoms with E-state index in [-0.39, 0.29) is 36.4 Å². The van der Waals surface area contributed by atoms with E-state index in [0.717, 1.165) is 5.56 Å². The molecule has 0 heterocycles. The Labute approximate surface area is 169 Å². The molecule has 26 heavy (non-hydrogen) atoms. The summed E-state index contributed by atoms with van der Waals surface area (Å²) in [5.41, 5.74) is 6.56. The highest BCUT2D eigenvalue weighted by Crippen LogP contribution is 2.13. The quantitative estimate of drug-likeness (QED) is 0.328. The van der Waals surface area contributed by atoms with Gasteiger partial charge in [-0.25, -0.2) is 4.39 Å². The Bertz CT molecular complexity index is 755. The third kappa shape index (κ3) is 7.26. The summed E-state index contributed by atoms with van der Waals surface area (Å²) in [5, 5.41) is 6.19. The molecule has 0 unspecified atom stereocenters. The van der Waals surface area contributed by atoms with Gasteiger partial charge < -0.3 is 21.1 Å². The normalized spacial score (nSPS) is 10.6. The molecule has 0 atom stereocenters. The van der Waals surface area contributed by atoms with Crippen molar-refractivity contribution in [2.45, 2.75) is 13.1 Å². The summed E-state index contributed by atoms with van der Waals surface area (Å²) in [4.78, 5) is 14.9. The molecular formula is C18H22FIN4O2. The second-order valence-corrected chi connectivity index (χ2v) is 5.27. The molecule has 0 saturated heterocycles. The maximum absolute atomic E-state index is 13.6. The maximum Gasteiger partial charge on any atom is 0.255 e. The molecule has 0 spiro atoms. The lowest BCUT2D eigenvalue weighted by molar-refractivity contribution is -0.119. The number of carbonyl (C=O) groups excluding carboxylic acids is 1. The van der Waals surface area contributed by atoms with Crippen molar-refractivity contribution >= 4 is 35.8 Å². The molecule has 8 heteroatoms. The molecule has 0 radical (unpaired) electrons. The molecule has 140 valence electrons. The molecule has 2 aromatic carbocycles. The van der Waals surface area contributed by atoms with Crippen LogP contribution < -0.4 is 21.1 Å². The minimum atomic E-state index is -0.527. The number of hydrogen-bond donors (Lipinski definition) is 3. The highest BCUT2D eigenvalue weighted by atomic mass is 127. The van der Waals surface area contributed by atoms with Crippen LogP contribution in [0.25, 0.3) is 0 Å². The Balaban J connectivity index is 0.00000338. The Kier molecular flexibility index (Phi) is 9.42. The maximum atomic E-state index is 13.6. The van der Waals surface area contributed by atoms with Crippen LogP contribution in [-0.4, -0.2) is 25.5 Å². The molecular weight excluding hydrogens is 450 g/mol. The zero-order valence-corrected chi connectivity index (χ0v) is 16.7. The van der Waals surface area contributed by atoms with Crippen molar-refractivity contribution < 1.29 is 13.9 Å². The van der Waals surface area contributed by atoms with Crippen LogP contribution in [0.4, 0.5) is 4.39 Å². The summed E-state index contributed by atoms with van der Waals surface area (Å²) in [5.74, 6) is 0.324. The van der Waals surface area contributed by atoms with Gasteiger partial charge in [-0.05, 0) is 23.8 Å². The highest BCUT2D eigenvalue weighted by molar-refractivity contribution is 14.0. The Hall–Kier alpha value is -2.36. The van der Waals surface area contributed by atoms with Crippen LogP contribution in [0.3, 0.4) is 0 Å². The van der Waals surface area contributed by atoms with Crippen molar-refractivity contribution in [1.29, 1.82) is 0 Å². The number of aliphatic imine (C=N–C) groups is 1. The first-order valence-corrected chi connectivity index (χ1v) is 7.76. The van der Waals surface area contributed by atoms with E-state index in [1.807, 2.05) is 12.1 Å². The monoisotopic (exact) mass is 472 g/mol. The number of nitrogens with zero attached hydrogens (tertiary/aromatic N) is 1. The van der Waals surface area contributed by atoms with Crippen LogP contribution in [0.1, 0.15) is 11.1 Å². The number of carbonyl (C=O) groups is 1. The average molecular weight is 472 g/mol. The van der Waals surface area contributed by atoms with E-state index < -0.39 is 5.91 Å². The van der Waals surface area contributed by atoms with Crippen molar-refractivity contribution in [3.63, 3.8) is 0 Å². The molecule has 4 N–H and O–H groups in total. The van der Waals surface area contributed by atoms with Crippen molar-refractivity contribution in [2.24, 2.45) is 10.7 Å². The van der Waals surface area contributed by atoms with Crippen LogP contribution >= 0.6 is 24.0 Å². The number of guanidine groups is 1. The average Bonchev–Trinajstić information content (AvgIpc) is 2.62. The fourth-order valence-corrected chi connectivity index (χ4v) is 2.13. The van der Waals surface area contributed by atoms with Crippen LogP contribution in [0, 0.1) is 5.82 Å². The molecule has 0 aliphatic rings. The molecule has 0 saturated carbocycles. The van der Waals surface area contributed by atoms with Gasteiger partial charge in [0.1, 0.15) is 11.6 Å². The van der Waals surface area contributed by atoms with E-state index in [4.69, 9.17) is 10.5 Å². The number of amides is 1. The highest BCUT2D eigenvalue weighted by Gasteiger charge is 2.04. The predicted octanol–water partition coefficient (Wildman–Crippen LogP) is 2.17. The molecule has 2 rings (SSSR count). The molecule has 1 amide bonds. The summed E-state index contributed by atoms with van der Waals surface area (Å²) < 4.78 is 18.9. The van der Waals surface area contributed by atoms with E-state index >= 15 is 0 Å².